The molecule has 0 spiro atoms. The maximum atomic E-state index is 12.2. The van der Waals surface area contributed by atoms with E-state index in [-0.39, 0.29) is 5.91 Å². The molecular weight excluding hydrogens is 276 g/mol. The van der Waals surface area contributed by atoms with E-state index in [1.807, 2.05) is 24.3 Å². The lowest BCUT2D eigenvalue weighted by molar-refractivity contribution is 0.102. The lowest BCUT2D eigenvalue weighted by atomic mass is 10.1. The quantitative estimate of drug-likeness (QED) is 0.942. The summed E-state index contributed by atoms with van der Waals surface area (Å²) < 4.78 is 0. The van der Waals surface area contributed by atoms with E-state index in [0.29, 0.717) is 11.5 Å². The lowest BCUT2D eigenvalue weighted by Crippen LogP contribution is -2.21. The van der Waals surface area contributed by atoms with Crippen molar-refractivity contribution in [3.63, 3.8) is 0 Å². The number of hydrogen-bond donors (Lipinski definition) is 1. The Hall–Kier alpha value is -2.43. The molecule has 114 valence electrons. The zero-order valence-corrected chi connectivity index (χ0v) is 12.7. The average molecular weight is 296 g/mol. The third-order valence-corrected chi connectivity index (χ3v) is 3.91. The topological polar surface area (TPSA) is 58.1 Å². The van der Waals surface area contributed by atoms with E-state index in [9.17, 15) is 4.79 Å². The fraction of sp³-hybridized carbons (Fsp3) is 0.353. The van der Waals surface area contributed by atoms with Gasteiger partial charge in [-0.3, -0.25) is 4.79 Å². The second kappa shape index (κ2) is 6.56. The highest BCUT2D eigenvalue weighted by molar-refractivity contribution is 6.03. The first kappa shape index (κ1) is 14.5. The molecule has 2 heterocycles. The molecule has 1 N–H and O–H groups in total. The van der Waals surface area contributed by atoms with Crippen molar-refractivity contribution in [1.82, 2.24) is 9.97 Å². The molecule has 1 saturated heterocycles. The summed E-state index contributed by atoms with van der Waals surface area (Å²) in [7, 11) is 0. The Morgan fingerprint density at radius 2 is 1.77 bits per heavy atom. The summed E-state index contributed by atoms with van der Waals surface area (Å²) in [6.45, 7) is 4.09. The molecule has 3 rings (SSSR count). The number of benzene rings is 1. The highest BCUT2D eigenvalue weighted by Gasteiger charge is 2.15. The molecule has 0 bridgehead atoms. The monoisotopic (exact) mass is 296 g/mol. The number of amides is 1. The minimum atomic E-state index is -0.183. The Labute approximate surface area is 130 Å². The van der Waals surface area contributed by atoms with Gasteiger partial charge in [-0.15, -0.1) is 0 Å². The Kier molecular flexibility index (Phi) is 4.32. The van der Waals surface area contributed by atoms with Crippen LogP contribution in [-0.4, -0.2) is 29.0 Å². The van der Waals surface area contributed by atoms with Gasteiger partial charge in [-0.1, -0.05) is 19.1 Å². The van der Waals surface area contributed by atoms with E-state index in [1.165, 1.54) is 18.4 Å². The van der Waals surface area contributed by atoms with Gasteiger partial charge in [0.2, 0.25) is 5.95 Å². The van der Waals surface area contributed by atoms with Gasteiger partial charge in [0.1, 0.15) is 0 Å². The van der Waals surface area contributed by atoms with Crippen LogP contribution in [0, 0.1) is 0 Å². The standard InChI is InChI=1S/C17H20N4O/c1-2-13-5-7-15(8-6-13)20-16(22)14-11-18-17(19-12-14)21-9-3-4-10-21/h5-8,11-12H,2-4,9-10H2,1H3,(H,20,22). The summed E-state index contributed by atoms with van der Waals surface area (Å²) >= 11 is 0. The predicted molar refractivity (Wildman–Crippen MR) is 87.3 cm³/mol. The Bertz CT molecular complexity index is 631. The van der Waals surface area contributed by atoms with Crippen molar-refractivity contribution >= 4 is 17.5 Å². The van der Waals surface area contributed by atoms with E-state index in [1.54, 1.807) is 12.4 Å². The minimum absolute atomic E-state index is 0.183. The molecule has 1 aromatic heterocycles. The average Bonchev–Trinajstić information content (AvgIpc) is 3.10. The van der Waals surface area contributed by atoms with Crippen molar-refractivity contribution < 1.29 is 4.79 Å². The molecule has 0 atom stereocenters. The van der Waals surface area contributed by atoms with Gasteiger partial charge in [-0.05, 0) is 37.0 Å². The lowest BCUT2D eigenvalue weighted by Gasteiger charge is -2.14. The molecule has 5 heteroatoms. The molecule has 2 aromatic rings. The normalized spacial score (nSPS) is 14.1. The Morgan fingerprint density at radius 3 is 2.36 bits per heavy atom. The fourth-order valence-corrected chi connectivity index (χ4v) is 2.55. The summed E-state index contributed by atoms with van der Waals surface area (Å²) in [6, 6.07) is 7.86. The third kappa shape index (κ3) is 3.24. The largest absolute Gasteiger partial charge is 0.341 e. The van der Waals surface area contributed by atoms with Crippen molar-refractivity contribution in [3.05, 3.63) is 47.8 Å². The molecule has 0 saturated carbocycles. The number of rotatable bonds is 4. The molecular formula is C17H20N4O. The molecule has 1 aliphatic heterocycles. The summed E-state index contributed by atoms with van der Waals surface area (Å²) in [5.74, 6) is 0.526. The van der Waals surface area contributed by atoms with E-state index >= 15 is 0 Å². The smallest absolute Gasteiger partial charge is 0.258 e. The summed E-state index contributed by atoms with van der Waals surface area (Å²) in [6.07, 6.45) is 6.53. The van der Waals surface area contributed by atoms with Crippen LogP contribution in [0.5, 0.6) is 0 Å². The molecule has 5 nitrogen and oxygen atoms in total. The third-order valence-electron chi connectivity index (χ3n) is 3.91. The summed E-state index contributed by atoms with van der Waals surface area (Å²) in [4.78, 5) is 22.9. The van der Waals surface area contributed by atoms with Gasteiger partial charge in [-0.25, -0.2) is 9.97 Å². The second-order valence-corrected chi connectivity index (χ2v) is 5.47. The molecule has 1 amide bonds. The molecule has 1 fully saturated rings. The molecule has 22 heavy (non-hydrogen) atoms. The molecule has 0 aliphatic carbocycles. The van der Waals surface area contributed by atoms with Crippen molar-refractivity contribution in [2.45, 2.75) is 26.2 Å². The molecule has 0 unspecified atom stereocenters. The number of nitrogens with one attached hydrogen (secondary N) is 1. The van der Waals surface area contributed by atoms with Gasteiger partial charge in [0.25, 0.3) is 5.91 Å². The molecule has 0 radical (unpaired) electrons. The van der Waals surface area contributed by atoms with Gasteiger partial charge in [0.05, 0.1) is 5.56 Å². The highest BCUT2D eigenvalue weighted by atomic mass is 16.1. The SMILES string of the molecule is CCc1ccc(NC(=O)c2cnc(N3CCCC3)nc2)cc1. The van der Waals surface area contributed by atoms with Crippen LogP contribution in [0.25, 0.3) is 0 Å². The number of aromatic nitrogens is 2. The number of hydrogen-bond acceptors (Lipinski definition) is 4. The van der Waals surface area contributed by atoms with Gasteiger partial charge in [-0.2, -0.15) is 0 Å². The predicted octanol–water partition coefficient (Wildman–Crippen LogP) is 2.89. The van der Waals surface area contributed by atoms with Crippen LogP contribution in [0.3, 0.4) is 0 Å². The minimum Gasteiger partial charge on any atom is -0.341 e. The van der Waals surface area contributed by atoms with E-state index in [2.05, 4.69) is 27.1 Å². The van der Waals surface area contributed by atoms with Crippen LogP contribution in [0.4, 0.5) is 11.6 Å². The van der Waals surface area contributed by atoms with Gasteiger partial charge >= 0.3 is 0 Å². The van der Waals surface area contributed by atoms with Gasteiger partial charge < -0.3 is 10.2 Å². The zero-order valence-electron chi connectivity index (χ0n) is 12.7. The molecule has 1 aliphatic rings. The van der Waals surface area contributed by atoms with Crippen molar-refractivity contribution in [3.8, 4) is 0 Å². The van der Waals surface area contributed by atoms with Crippen LogP contribution in [0.1, 0.15) is 35.7 Å². The van der Waals surface area contributed by atoms with E-state index < -0.39 is 0 Å². The maximum absolute atomic E-state index is 12.2. The highest BCUT2D eigenvalue weighted by Crippen LogP contribution is 2.16. The number of nitrogens with zero attached hydrogens (tertiary/aromatic N) is 3. The Morgan fingerprint density at radius 1 is 1.14 bits per heavy atom. The fourth-order valence-electron chi connectivity index (χ4n) is 2.55. The van der Waals surface area contributed by atoms with Crippen molar-refractivity contribution in [2.75, 3.05) is 23.3 Å². The number of aryl methyl sites for hydroxylation is 1. The van der Waals surface area contributed by atoms with Gasteiger partial charge in [0.15, 0.2) is 0 Å². The van der Waals surface area contributed by atoms with E-state index in [0.717, 1.165) is 25.2 Å². The summed E-state index contributed by atoms with van der Waals surface area (Å²) in [5, 5.41) is 2.87. The first-order chi connectivity index (χ1) is 10.8. The van der Waals surface area contributed by atoms with Crippen LogP contribution in [0.2, 0.25) is 0 Å². The number of carbonyl (C=O) groups is 1. The maximum Gasteiger partial charge on any atom is 0.258 e. The van der Waals surface area contributed by atoms with Crippen LogP contribution in [-0.2, 0) is 6.42 Å². The van der Waals surface area contributed by atoms with Gasteiger partial charge in [0, 0.05) is 31.2 Å². The zero-order chi connectivity index (χ0) is 15.4. The van der Waals surface area contributed by atoms with Crippen molar-refractivity contribution in [1.29, 1.82) is 0 Å². The second-order valence-electron chi connectivity index (χ2n) is 5.47. The first-order valence-electron chi connectivity index (χ1n) is 7.73. The van der Waals surface area contributed by atoms with E-state index in [4.69, 9.17) is 0 Å². The number of anilines is 2. The molecule has 1 aromatic carbocycles. The number of carbonyl (C=O) groups excluding carboxylic acids is 1. The first-order valence-corrected chi connectivity index (χ1v) is 7.73. The summed E-state index contributed by atoms with van der Waals surface area (Å²) in [5.41, 5.74) is 2.50. The Balaban J connectivity index is 1.66. The van der Waals surface area contributed by atoms with Crippen LogP contribution < -0.4 is 10.2 Å². The van der Waals surface area contributed by atoms with Crippen molar-refractivity contribution in [2.24, 2.45) is 0 Å². The van der Waals surface area contributed by atoms with Crippen LogP contribution >= 0.6 is 0 Å². The van der Waals surface area contributed by atoms with Crippen LogP contribution in [0.15, 0.2) is 36.7 Å².